The molecule has 0 spiro atoms. The van der Waals surface area contributed by atoms with Crippen molar-refractivity contribution in [1.29, 1.82) is 0 Å². The molecule has 0 radical (unpaired) electrons. The first kappa shape index (κ1) is 15.4. The van der Waals surface area contributed by atoms with Gasteiger partial charge in [0.25, 0.3) is 0 Å². The Morgan fingerprint density at radius 3 is 2.24 bits per heavy atom. The number of rotatable bonds is 2. The largest absolute Gasteiger partial charge is 0.508 e. The van der Waals surface area contributed by atoms with Gasteiger partial charge in [0.2, 0.25) is 5.91 Å². The second kappa shape index (κ2) is 5.39. The highest BCUT2D eigenvalue weighted by Gasteiger charge is 2.45. The van der Waals surface area contributed by atoms with E-state index in [0.29, 0.717) is 13.0 Å². The van der Waals surface area contributed by atoms with Gasteiger partial charge >= 0.3 is 5.97 Å². The van der Waals surface area contributed by atoms with Crippen LogP contribution in [0.2, 0.25) is 0 Å². The van der Waals surface area contributed by atoms with Crippen molar-refractivity contribution in [2.45, 2.75) is 39.2 Å². The molecule has 5 heteroatoms. The topological polar surface area (TPSA) is 77.8 Å². The fourth-order valence-electron chi connectivity index (χ4n) is 2.83. The Morgan fingerprint density at radius 2 is 1.76 bits per heavy atom. The van der Waals surface area contributed by atoms with Gasteiger partial charge in [0, 0.05) is 17.9 Å². The van der Waals surface area contributed by atoms with Crippen molar-refractivity contribution in [1.82, 2.24) is 4.90 Å². The summed E-state index contributed by atoms with van der Waals surface area (Å²) in [5.74, 6) is -1.22. The summed E-state index contributed by atoms with van der Waals surface area (Å²) in [6.07, 6.45) is 0.615. The average Bonchev–Trinajstić information content (AvgIpc) is 2.82. The summed E-state index contributed by atoms with van der Waals surface area (Å²) in [6, 6.07) is 5.69. The summed E-state index contributed by atoms with van der Waals surface area (Å²) in [4.78, 5) is 25.6. The van der Waals surface area contributed by atoms with Gasteiger partial charge in [-0.05, 0) is 24.1 Å². The molecule has 2 N–H and O–H groups in total. The maximum Gasteiger partial charge on any atom is 0.327 e. The Morgan fingerprint density at radius 1 is 1.19 bits per heavy atom. The smallest absolute Gasteiger partial charge is 0.327 e. The SMILES string of the molecule is CC(C)(C)C(=O)N1CCC(c2ccc(O)cc2)C1C(=O)O. The minimum Gasteiger partial charge on any atom is -0.508 e. The number of hydrogen-bond donors (Lipinski definition) is 2. The second-order valence-corrected chi connectivity index (χ2v) is 6.52. The van der Waals surface area contributed by atoms with Gasteiger partial charge < -0.3 is 15.1 Å². The van der Waals surface area contributed by atoms with E-state index in [-0.39, 0.29) is 17.6 Å². The number of phenols is 1. The zero-order valence-electron chi connectivity index (χ0n) is 12.5. The van der Waals surface area contributed by atoms with Gasteiger partial charge in [-0.15, -0.1) is 0 Å². The van der Waals surface area contributed by atoms with Gasteiger partial charge in [-0.3, -0.25) is 4.79 Å². The van der Waals surface area contributed by atoms with Gasteiger partial charge in [0.05, 0.1) is 0 Å². The van der Waals surface area contributed by atoms with Crippen molar-refractivity contribution in [2.75, 3.05) is 6.54 Å². The third-order valence-electron chi connectivity index (χ3n) is 3.87. The van der Waals surface area contributed by atoms with Gasteiger partial charge in [0.15, 0.2) is 0 Å². The summed E-state index contributed by atoms with van der Waals surface area (Å²) < 4.78 is 0. The number of aliphatic carboxylic acids is 1. The van der Waals surface area contributed by atoms with Gasteiger partial charge in [-0.25, -0.2) is 4.79 Å². The number of carbonyl (C=O) groups is 2. The van der Waals surface area contributed by atoms with Crippen LogP contribution in [0.4, 0.5) is 0 Å². The first-order valence-electron chi connectivity index (χ1n) is 7.04. The fraction of sp³-hybridized carbons (Fsp3) is 0.500. The molecule has 1 aliphatic rings. The molecule has 21 heavy (non-hydrogen) atoms. The van der Waals surface area contributed by atoms with Crippen LogP contribution in [-0.4, -0.2) is 39.6 Å². The summed E-state index contributed by atoms with van der Waals surface area (Å²) in [5, 5.41) is 18.9. The van der Waals surface area contributed by atoms with Crippen molar-refractivity contribution in [3.8, 4) is 5.75 Å². The molecular formula is C16H21NO4. The van der Waals surface area contributed by atoms with E-state index < -0.39 is 17.4 Å². The Bertz CT molecular complexity index is 544. The zero-order chi connectivity index (χ0) is 15.8. The molecule has 114 valence electrons. The fourth-order valence-corrected chi connectivity index (χ4v) is 2.83. The van der Waals surface area contributed by atoms with Crippen LogP contribution in [0.3, 0.4) is 0 Å². The number of phenolic OH excluding ortho intramolecular Hbond substituents is 1. The van der Waals surface area contributed by atoms with E-state index in [1.165, 1.54) is 4.90 Å². The van der Waals surface area contributed by atoms with Crippen molar-refractivity contribution < 1.29 is 19.8 Å². The normalized spacial score (nSPS) is 22.3. The summed E-state index contributed by atoms with van der Waals surface area (Å²) >= 11 is 0. The monoisotopic (exact) mass is 291 g/mol. The van der Waals surface area contributed by atoms with Crippen LogP contribution in [-0.2, 0) is 9.59 Å². The van der Waals surface area contributed by atoms with Crippen LogP contribution in [0.25, 0.3) is 0 Å². The predicted octanol–water partition coefficient (Wildman–Crippen LogP) is 2.21. The van der Waals surface area contributed by atoms with E-state index in [1.54, 1.807) is 45.0 Å². The van der Waals surface area contributed by atoms with Crippen molar-refractivity contribution in [3.05, 3.63) is 29.8 Å². The Labute approximate surface area is 124 Å². The quantitative estimate of drug-likeness (QED) is 0.875. The molecule has 5 nitrogen and oxygen atoms in total. The highest BCUT2D eigenvalue weighted by molar-refractivity contribution is 5.88. The molecular weight excluding hydrogens is 270 g/mol. The van der Waals surface area contributed by atoms with Crippen LogP contribution in [0, 0.1) is 5.41 Å². The number of benzene rings is 1. The number of nitrogens with zero attached hydrogens (tertiary/aromatic N) is 1. The van der Waals surface area contributed by atoms with Crippen LogP contribution < -0.4 is 0 Å². The molecule has 1 amide bonds. The van der Waals surface area contributed by atoms with E-state index in [2.05, 4.69) is 0 Å². The third kappa shape index (κ3) is 3.01. The molecule has 0 bridgehead atoms. The second-order valence-electron chi connectivity index (χ2n) is 6.52. The van der Waals surface area contributed by atoms with E-state index in [9.17, 15) is 19.8 Å². The number of carboxylic acid groups (broad SMARTS) is 1. The summed E-state index contributed by atoms with van der Waals surface area (Å²) in [6.45, 7) is 5.82. The number of hydrogen-bond acceptors (Lipinski definition) is 3. The molecule has 1 heterocycles. The molecule has 0 aromatic heterocycles. The first-order valence-corrected chi connectivity index (χ1v) is 7.04. The van der Waals surface area contributed by atoms with Gasteiger partial charge in [-0.2, -0.15) is 0 Å². The minimum absolute atomic E-state index is 0.142. The Hall–Kier alpha value is -2.04. The molecule has 0 saturated carbocycles. The summed E-state index contributed by atoms with van der Waals surface area (Å²) in [5.41, 5.74) is 0.238. The highest BCUT2D eigenvalue weighted by Crippen LogP contribution is 2.36. The summed E-state index contributed by atoms with van der Waals surface area (Å²) in [7, 11) is 0. The maximum atomic E-state index is 12.4. The van der Waals surface area contributed by atoms with E-state index >= 15 is 0 Å². The first-order chi connectivity index (χ1) is 9.71. The Balaban J connectivity index is 2.31. The third-order valence-corrected chi connectivity index (χ3v) is 3.87. The molecule has 1 aromatic rings. The predicted molar refractivity (Wildman–Crippen MR) is 78.1 cm³/mol. The molecule has 1 fully saturated rings. The van der Waals surface area contributed by atoms with Crippen molar-refractivity contribution in [3.63, 3.8) is 0 Å². The maximum absolute atomic E-state index is 12.4. The van der Waals surface area contributed by atoms with Gasteiger partial charge in [0.1, 0.15) is 11.8 Å². The molecule has 1 saturated heterocycles. The van der Waals surface area contributed by atoms with Crippen molar-refractivity contribution >= 4 is 11.9 Å². The van der Waals surface area contributed by atoms with E-state index in [4.69, 9.17) is 0 Å². The molecule has 2 unspecified atom stereocenters. The molecule has 2 atom stereocenters. The number of aromatic hydroxyl groups is 1. The molecule has 2 rings (SSSR count). The van der Waals surface area contributed by atoms with Crippen LogP contribution in [0.15, 0.2) is 24.3 Å². The van der Waals surface area contributed by atoms with Crippen molar-refractivity contribution in [2.24, 2.45) is 5.41 Å². The number of carboxylic acids is 1. The standard InChI is InChI=1S/C16H21NO4/c1-16(2,3)15(21)17-9-8-12(13(17)14(19)20)10-4-6-11(18)7-5-10/h4-7,12-13,18H,8-9H2,1-3H3,(H,19,20). The lowest BCUT2D eigenvalue weighted by molar-refractivity contribution is -0.152. The lowest BCUT2D eigenvalue weighted by atomic mass is 9.90. The van der Waals surface area contributed by atoms with Crippen LogP contribution in [0.1, 0.15) is 38.7 Å². The minimum atomic E-state index is -0.983. The number of amides is 1. The highest BCUT2D eigenvalue weighted by atomic mass is 16.4. The van der Waals surface area contributed by atoms with Gasteiger partial charge in [-0.1, -0.05) is 32.9 Å². The Kier molecular flexibility index (Phi) is 3.94. The number of carbonyl (C=O) groups excluding carboxylic acids is 1. The number of likely N-dealkylation sites (tertiary alicyclic amines) is 1. The molecule has 0 aliphatic carbocycles. The lowest BCUT2D eigenvalue weighted by Gasteiger charge is -2.30. The van der Waals surface area contributed by atoms with E-state index in [0.717, 1.165) is 5.56 Å². The van der Waals surface area contributed by atoms with E-state index in [1.807, 2.05) is 0 Å². The lowest BCUT2D eigenvalue weighted by Crippen LogP contribution is -2.47. The van der Waals surface area contributed by atoms with Crippen LogP contribution >= 0.6 is 0 Å². The average molecular weight is 291 g/mol. The zero-order valence-corrected chi connectivity index (χ0v) is 12.5. The molecule has 1 aromatic carbocycles. The van der Waals surface area contributed by atoms with Crippen LogP contribution in [0.5, 0.6) is 5.75 Å². The molecule has 1 aliphatic heterocycles.